The summed E-state index contributed by atoms with van der Waals surface area (Å²) in [4.78, 5) is 14.9. The molecule has 0 saturated heterocycles. The lowest BCUT2D eigenvalue weighted by Crippen LogP contribution is -2.39. The van der Waals surface area contributed by atoms with E-state index in [1.807, 2.05) is 0 Å². The summed E-state index contributed by atoms with van der Waals surface area (Å²) >= 11 is 0. The van der Waals surface area contributed by atoms with Crippen molar-refractivity contribution in [2.24, 2.45) is 5.41 Å². The topological polar surface area (TPSA) is 77.3 Å². The van der Waals surface area contributed by atoms with Crippen LogP contribution < -0.4 is 10.1 Å². The fraction of sp³-hybridized carbons (Fsp3) is 0.643. The molecule has 1 atom stereocenters. The lowest BCUT2D eigenvalue weighted by molar-refractivity contribution is -0.384. The highest BCUT2D eigenvalue weighted by molar-refractivity contribution is 5.57. The Kier molecular flexibility index (Phi) is 4.11. The quantitative estimate of drug-likeness (QED) is 0.675. The molecule has 0 radical (unpaired) electrons. The van der Waals surface area contributed by atoms with Crippen LogP contribution in [0.1, 0.15) is 39.5 Å². The highest BCUT2D eigenvalue weighted by Crippen LogP contribution is 2.38. The second-order valence-corrected chi connectivity index (χ2v) is 5.91. The van der Waals surface area contributed by atoms with Crippen LogP contribution in [0.4, 0.5) is 11.5 Å². The van der Waals surface area contributed by atoms with Crippen LogP contribution in [0.5, 0.6) is 5.88 Å². The molecule has 2 rings (SSSR count). The van der Waals surface area contributed by atoms with Gasteiger partial charge in [0, 0.05) is 18.2 Å². The Labute approximate surface area is 118 Å². The van der Waals surface area contributed by atoms with Crippen LogP contribution in [0.3, 0.4) is 0 Å². The molecule has 110 valence electrons. The first kappa shape index (κ1) is 14.6. The van der Waals surface area contributed by atoms with E-state index in [1.54, 1.807) is 0 Å². The summed E-state index contributed by atoms with van der Waals surface area (Å²) in [6.07, 6.45) is 4.46. The molecule has 0 spiro atoms. The van der Waals surface area contributed by atoms with Crippen LogP contribution in [-0.4, -0.2) is 23.1 Å². The van der Waals surface area contributed by atoms with Crippen molar-refractivity contribution in [1.29, 1.82) is 0 Å². The average molecular weight is 279 g/mol. The van der Waals surface area contributed by atoms with E-state index in [-0.39, 0.29) is 17.1 Å². The van der Waals surface area contributed by atoms with Crippen molar-refractivity contribution < 1.29 is 9.66 Å². The molecule has 0 aliphatic heterocycles. The Morgan fingerprint density at radius 1 is 1.45 bits per heavy atom. The molecule has 1 heterocycles. The van der Waals surface area contributed by atoms with Crippen LogP contribution in [0.2, 0.25) is 0 Å². The molecule has 20 heavy (non-hydrogen) atoms. The van der Waals surface area contributed by atoms with Crippen molar-refractivity contribution in [3.8, 4) is 5.88 Å². The van der Waals surface area contributed by atoms with Gasteiger partial charge in [-0.05, 0) is 18.3 Å². The molecule has 6 heteroatoms. The SMILES string of the molecule is COc1ccc([N+](=O)[O-])c(NC2CCCCC2(C)C)n1. The van der Waals surface area contributed by atoms with Crippen molar-refractivity contribution in [2.75, 3.05) is 12.4 Å². The molecule has 6 nitrogen and oxygen atoms in total. The van der Waals surface area contributed by atoms with Gasteiger partial charge < -0.3 is 10.1 Å². The minimum atomic E-state index is -0.412. The summed E-state index contributed by atoms with van der Waals surface area (Å²) in [7, 11) is 1.50. The summed E-state index contributed by atoms with van der Waals surface area (Å²) in [5, 5.41) is 14.4. The number of nitrogens with zero attached hydrogens (tertiary/aromatic N) is 2. The maximum atomic E-state index is 11.1. The van der Waals surface area contributed by atoms with Crippen molar-refractivity contribution >= 4 is 11.5 Å². The van der Waals surface area contributed by atoms with Gasteiger partial charge in [-0.15, -0.1) is 0 Å². The minimum absolute atomic E-state index is 0.00725. The van der Waals surface area contributed by atoms with E-state index in [4.69, 9.17) is 4.74 Å². The van der Waals surface area contributed by atoms with E-state index >= 15 is 0 Å². The highest BCUT2D eigenvalue weighted by atomic mass is 16.6. The number of nitrogens with one attached hydrogen (secondary N) is 1. The fourth-order valence-corrected chi connectivity index (χ4v) is 2.73. The maximum absolute atomic E-state index is 11.1. The summed E-state index contributed by atoms with van der Waals surface area (Å²) in [5.41, 5.74) is 0.101. The number of nitro groups is 1. The van der Waals surface area contributed by atoms with Crippen LogP contribution in [0.15, 0.2) is 12.1 Å². The van der Waals surface area contributed by atoms with Gasteiger partial charge in [0.15, 0.2) is 0 Å². The Balaban J connectivity index is 2.29. The molecule has 1 aromatic rings. The zero-order valence-electron chi connectivity index (χ0n) is 12.2. The van der Waals surface area contributed by atoms with E-state index in [0.717, 1.165) is 19.3 Å². The van der Waals surface area contributed by atoms with Crippen molar-refractivity contribution in [3.05, 3.63) is 22.2 Å². The molecular formula is C14H21N3O3. The van der Waals surface area contributed by atoms with Gasteiger partial charge in [0.2, 0.25) is 11.7 Å². The van der Waals surface area contributed by atoms with Gasteiger partial charge in [-0.25, -0.2) is 0 Å². The van der Waals surface area contributed by atoms with Gasteiger partial charge in [0.25, 0.3) is 0 Å². The molecule has 1 N–H and O–H groups in total. The fourth-order valence-electron chi connectivity index (χ4n) is 2.73. The largest absolute Gasteiger partial charge is 0.481 e. The van der Waals surface area contributed by atoms with Gasteiger partial charge in [0.1, 0.15) is 0 Å². The number of anilines is 1. The van der Waals surface area contributed by atoms with E-state index in [9.17, 15) is 10.1 Å². The van der Waals surface area contributed by atoms with E-state index in [2.05, 4.69) is 24.1 Å². The van der Waals surface area contributed by atoms with Gasteiger partial charge in [-0.2, -0.15) is 4.98 Å². The summed E-state index contributed by atoms with van der Waals surface area (Å²) in [5.74, 6) is 0.682. The summed E-state index contributed by atoms with van der Waals surface area (Å²) < 4.78 is 5.06. The third-order valence-corrected chi connectivity index (χ3v) is 4.07. The molecular weight excluding hydrogens is 258 g/mol. The summed E-state index contributed by atoms with van der Waals surface area (Å²) in [6.45, 7) is 4.38. The van der Waals surface area contributed by atoms with E-state index in [1.165, 1.54) is 25.7 Å². The van der Waals surface area contributed by atoms with Gasteiger partial charge in [-0.3, -0.25) is 10.1 Å². The zero-order chi connectivity index (χ0) is 14.8. The minimum Gasteiger partial charge on any atom is -0.481 e. The molecule has 0 bridgehead atoms. The number of ether oxygens (including phenoxy) is 1. The van der Waals surface area contributed by atoms with E-state index in [0.29, 0.717) is 11.7 Å². The molecule has 1 aliphatic carbocycles. The standard InChI is InChI=1S/C14H21N3O3/c1-14(2)9-5-4-6-11(14)15-13-10(17(18)19)7-8-12(16-13)20-3/h7-8,11H,4-6,9H2,1-3H3,(H,15,16). The molecule has 0 amide bonds. The predicted molar refractivity (Wildman–Crippen MR) is 77.1 cm³/mol. The second-order valence-electron chi connectivity index (χ2n) is 5.91. The van der Waals surface area contributed by atoms with Crippen molar-refractivity contribution in [1.82, 2.24) is 4.98 Å². The third-order valence-electron chi connectivity index (χ3n) is 4.07. The summed E-state index contributed by atoms with van der Waals surface area (Å²) in [6, 6.07) is 3.13. The molecule has 1 aliphatic rings. The molecule has 1 unspecified atom stereocenters. The van der Waals surface area contributed by atoms with E-state index < -0.39 is 4.92 Å². The first-order valence-corrected chi connectivity index (χ1v) is 6.90. The van der Waals surface area contributed by atoms with Crippen molar-refractivity contribution in [2.45, 2.75) is 45.6 Å². The third kappa shape index (κ3) is 3.00. The van der Waals surface area contributed by atoms with Gasteiger partial charge in [0.05, 0.1) is 12.0 Å². The van der Waals surface area contributed by atoms with Gasteiger partial charge in [-0.1, -0.05) is 26.7 Å². The van der Waals surface area contributed by atoms with Crippen molar-refractivity contribution in [3.63, 3.8) is 0 Å². The van der Waals surface area contributed by atoms with Crippen LogP contribution >= 0.6 is 0 Å². The monoisotopic (exact) mass is 279 g/mol. The van der Waals surface area contributed by atoms with Crippen LogP contribution in [-0.2, 0) is 0 Å². The smallest absolute Gasteiger partial charge is 0.311 e. The number of hydrogen-bond donors (Lipinski definition) is 1. The maximum Gasteiger partial charge on any atom is 0.311 e. The highest BCUT2D eigenvalue weighted by Gasteiger charge is 2.33. The Hall–Kier alpha value is -1.85. The Bertz CT molecular complexity index is 502. The van der Waals surface area contributed by atoms with Crippen LogP contribution in [0, 0.1) is 15.5 Å². The predicted octanol–water partition coefficient (Wildman–Crippen LogP) is 3.38. The molecule has 0 aromatic carbocycles. The lowest BCUT2D eigenvalue weighted by atomic mass is 9.73. The normalized spacial score (nSPS) is 21.2. The lowest BCUT2D eigenvalue weighted by Gasteiger charge is -2.39. The zero-order valence-corrected chi connectivity index (χ0v) is 12.2. The first-order valence-electron chi connectivity index (χ1n) is 6.90. The Morgan fingerprint density at radius 3 is 2.80 bits per heavy atom. The molecule has 1 saturated carbocycles. The number of hydrogen-bond acceptors (Lipinski definition) is 5. The van der Waals surface area contributed by atoms with Crippen LogP contribution in [0.25, 0.3) is 0 Å². The number of aromatic nitrogens is 1. The average Bonchev–Trinajstić information content (AvgIpc) is 2.40. The number of methoxy groups -OCH3 is 1. The Morgan fingerprint density at radius 2 is 2.20 bits per heavy atom. The number of rotatable bonds is 4. The number of pyridine rings is 1. The second kappa shape index (κ2) is 5.64. The van der Waals surface area contributed by atoms with Gasteiger partial charge >= 0.3 is 5.69 Å². The molecule has 1 fully saturated rings. The first-order chi connectivity index (χ1) is 9.44. The molecule has 1 aromatic heterocycles.